The van der Waals surface area contributed by atoms with E-state index >= 15 is 0 Å². The Morgan fingerprint density at radius 1 is 1.19 bits per heavy atom. The zero-order valence-corrected chi connectivity index (χ0v) is 26.1. The molecule has 3 amide bonds. The van der Waals surface area contributed by atoms with Gasteiger partial charge in [-0.25, -0.2) is 9.78 Å². The summed E-state index contributed by atoms with van der Waals surface area (Å²) in [4.78, 5) is 60.1. The van der Waals surface area contributed by atoms with Crippen molar-refractivity contribution >= 4 is 29.4 Å². The van der Waals surface area contributed by atoms with Crippen molar-refractivity contribution in [3.05, 3.63) is 40.8 Å². The van der Waals surface area contributed by atoms with E-state index in [1.54, 1.807) is 46.9 Å². The van der Waals surface area contributed by atoms with Crippen LogP contribution in [0.1, 0.15) is 99.3 Å². The van der Waals surface area contributed by atoms with Crippen LogP contribution in [0, 0.1) is 12.3 Å². The van der Waals surface area contributed by atoms with E-state index in [9.17, 15) is 19.2 Å². The van der Waals surface area contributed by atoms with Crippen molar-refractivity contribution in [1.82, 2.24) is 20.2 Å². The Morgan fingerprint density at radius 3 is 2.52 bits per heavy atom. The van der Waals surface area contributed by atoms with Crippen LogP contribution in [-0.2, 0) is 16.0 Å². The van der Waals surface area contributed by atoms with Crippen molar-refractivity contribution in [3.8, 4) is 5.88 Å². The summed E-state index contributed by atoms with van der Waals surface area (Å²) >= 11 is 0. The van der Waals surface area contributed by atoms with Gasteiger partial charge in [0.2, 0.25) is 11.8 Å². The fourth-order valence-corrected chi connectivity index (χ4v) is 4.85. The summed E-state index contributed by atoms with van der Waals surface area (Å²) in [5.74, 6) is -0.408. The average Bonchev–Trinajstić information content (AvgIpc) is 3.21. The molecule has 2 aromatic heterocycles. The largest absolute Gasteiger partial charge is 0.476 e. The lowest BCUT2D eigenvalue weighted by atomic mass is 9.75. The molecule has 0 bridgehead atoms. The molecule has 3 N–H and O–H groups in total. The molecular weight excluding hydrogens is 538 g/mol. The second-order valence-electron chi connectivity index (χ2n) is 12.7. The number of aromatic amines is 1. The number of H-pyrrole nitrogens is 1. The molecule has 1 atom stereocenters. The number of hydrogen-bond acceptors (Lipinski definition) is 7. The second-order valence-corrected chi connectivity index (χ2v) is 12.7. The van der Waals surface area contributed by atoms with E-state index in [4.69, 9.17) is 9.47 Å². The van der Waals surface area contributed by atoms with Gasteiger partial charge in [-0.3, -0.25) is 14.4 Å². The average molecular weight is 584 g/mol. The fraction of sp³-hybridized carbons (Fsp3) is 0.581. The number of Topliss-reactive ketones (excluding diaryl/α,β-unsaturated/α-hetero) is 1. The Bertz CT molecular complexity index is 1290. The molecule has 0 aromatic carbocycles. The van der Waals surface area contributed by atoms with Crippen LogP contribution in [-0.4, -0.2) is 70.4 Å². The molecule has 0 spiro atoms. The number of aromatic nitrogens is 2. The zero-order chi connectivity index (χ0) is 31.2. The van der Waals surface area contributed by atoms with Crippen LogP contribution in [0.25, 0.3) is 0 Å². The normalized spacial score (nSPS) is 14.9. The number of carbonyl (C=O) groups is 4. The summed E-state index contributed by atoms with van der Waals surface area (Å²) in [6.45, 7) is 13.8. The van der Waals surface area contributed by atoms with Gasteiger partial charge in [0.15, 0.2) is 5.78 Å². The summed E-state index contributed by atoms with van der Waals surface area (Å²) in [5, 5.41) is 5.69. The molecule has 11 heteroatoms. The van der Waals surface area contributed by atoms with E-state index in [0.29, 0.717) is 54.2 Å². The zero-order valence-electron chi connectivity index (χ0n) is 26.1. The molecule has 0 saturated carbocycles. The van der Waals surface area contributed by atoms with Crippen molar-refractivity contribution in [1.29, 1.82) is 0 Å². The highest BCUT2D eigenvalue weighted by atomic mass is 16.6. The molecular formula is C31H45N5O6. The molecule has 1 aliphatic carbocycles. The second kappa shape index (κ2) is 13.4. The minimum atomic E-state index is -0.774. The van der Waals surface area contributed by atoms with Gasteiger partial charge < -0.3 is 30.0 Å². The van der Waals surface area contributed by atoms with E-state index in [1.165, 1.54) is 11.1 Å². The number of carbonyl (C=O) groups excluding carboxylic acids is 4. The molecule has 230 valence electrons. The minimum absolute atomic E-state index is 0.0318. The highest BCUT2D eigenvalue weighted by Crippen LogP contribution is 2.36. The van der Waals surface area contributed by atoms with Gasteiger partial charge in [0.05, 0.1) is 18.4 Å². The third-order valence-electron chi connectivity index (χ3n) is 6.98. The van der Waals surface area contributed by atoms with Crippen LogP contribution < -0.4 is 15.4 Å². The monoisotopic (exact) mass is 583 g/mol. The summed E-state index contributed by atoms with van der Waals surface area (Å²) in [6.07, 6.45) is 4.20. The van der Waals surface area contributed by atoms with E-state index in [1.807, 2.05) is 20.8 Å². The Balaban J connectivity index is 1.59. The number of amides is 3. The van der Waals surface area contributed by atoms with Gasteiger partial charge in [0.1, 0.15) is 23.9 Å². The van der Waals surface area contributed by atoms with E-state index in [2.05, 4.69) is 20.6 Å². The lowest BCUT2D eigenvalue weighted by Gasteiger charge is -2.28. The highest BCUT2D eigenvalue weighted by Gasteiger charge is 2.35. The first-order valence-corrected chi connectivity index (χ1v) is 14.5. The fourth-order valence-electron chi connectivity index (χ4n) is 4.85. The van der Waals surface area contributed by atoms with Crippen LogP contribution in [0.4, 0.5) is 10.5 Å². The summed E-state index contributed by atoms with van der Waals surface area (Å²) < 4.78 is 10.9. The van der Waals surface area contributed by atoms with Crippen molar-refractivity contribution in [3.63, 3.8) is 0 Å². The molecule has 2 aromatic rings. The lowest BCUT2D eigenvalue weighted by molar-refractivity contribution is -0.118. The molecule has 2 heterocycles. The molecule has 0 radical (unpaired) electrons. The predicted molar refractivity (Wildman–Crippen MR) is 160 cm³/mol. The predicted octanol–water partition coefficient (Wildman–Crippen LogP) is 5.05. The van der Waals surface area contributed by atoms with Crippen LogP contribution >= 0.6 is 0 Å². The smallest absolute Gasteiger partial charge is 0.410 e. The molecule has 1 aliphatic rings. The molecule has 0 aliphatic heterocycles. The van der Waals surface area contributed by atoms with E-state index in [-0.39, 0.29) is 23.7 Å². The number of rotatable bonds is 11. The molecule has 42 heavy (non-hydrogen) atoms. The molecule has 3 rings (SSSR count). The van der Waals surface area contributed by atoms with Gasteiger partial charge >= 0.3 is 6.09 Å². The Labute approximate surface area is 248 Å². The maximum absolute atomic E-state index is 13.3. The number of likely N-dealkylation sites (N-methyl/N-ethyl adjacent to an activating group) is 1. The van der Waals surface area contributed by atoms with Gasteiger partial charge in [-0.05, 0) is 57.6 Å². The number of nitrogens with zero attached hydrogens (tertiary/aromatic N) is 2. The van der Waals surface area contributed by atoms with Crippen LogP contribution in [0.2, 0.25) is 0 Å². The quantitative estimate of drug-likeness (QED) is 0.336. The number of anilines is 1. The number of nitrogens with one attached hydrogen (secondary N) is 3. The van der Waals surface area contributed by atoms with Crippen molar-refractivity contribution in [2.75, 3.05) is 25.5 Å². The van der Waals surface area contributed by atoms with Crippen LogP contribution in [0.3, 0.4) is 0 Å². The van der Waals surface area contributed by atoms with Gasteiger partial charge in [0.25, 0.3) is 5.91 Å². The number of unbranched alkanes of at least 4 members (excludes halogenated alkanes) is 1. The number of ketones is 1. The van der Waals surface area contributed by atoms with Gasteiger partial charge in [-0.2, -0.15) is 0 Å². The first-order chi connectivity index (χ1) is 19.6. The van der Waals surface area contributed by atoms with Crippen molar-refractivity contribution in [2.45, 2.75) is 92.2 Å². The SMILES string of the molecule is CCCCC(NC(=O)c1[nH]c2c(c1C)C(=O)CC(C)(C)C2)C(=O)Nc1ccc(OCCN(C)C(=O)OC(C)(C)C)nc1. The Kier molecular flexibility index (Phi) is 10.4. The number of ether oxygens (including phenoxy) is 2. The van der Waals surface area contributed by atoms with E-state index in [0.717, 1.165) is 18.5 Å². The first kappa shape index (κ1) is 32.6. The number of pyridine rings is 1. The van der Waals surface area contributed by atoms with Crippen molar-refractivity contribution in [2.24, 2.45) is 5.41 Å². The van der Waals surface area contributed by atoms with Crippen LogP contribution in [0.5, 0.6) is 5.88 Å². The summed E-state index contributed by atoms with van der Waals surface area (Å²) in [7, 11) is 1.63. The molecule has 0 saturated heterocycles. The molecule has 0 fully saturated rings. The minimum Gasteiger partial charge on any atom is -0.476 e. The maximum Gasteiger partial charge on any atom is 0.410 e. The Hall–Kier alpha value is -3.89. The number of fused-ring (bicyclic) bond motifs is 1. The third-order valence-corrected chi connectivity index (χ3v) is 6.98. The van der Waals surface area contributed by atoms with Gasteiger partial charge in [0, 0.05) is 30.8 Å². The summed E-state index contributed by atoms with van der Waals surface area (Å²) in [6, 6.07) is 2.50. The highest BCUT2D eigenvalue weighted by molar-refractivity contribution is 6.06. The van der Waals surface area contributed by atoms with Crippen LogP contribution in [0.15, 0.2) is 18.3 Å². The van der Waals surface area contributed by atoms with E-state index < -0.39 is 23.6 Å². The van der Waals surface area contributed by atoms with Crippen molar-refractivity contribution < 1.29 is 28.7 Å². The molecule has 1 unspecified atom stereocenters. The Morgan fingerprint density at radius 2 is 1.90 bits per heavy atom. The first-order valence-electron chi connectivity index (χ1n) is 14.5. The van der Waals surface area contributed by atoms with Gasteiger partial charge in [-0.15, -0.1) is 0 Å². The van der Waals surface area contributed by atoms with Gasteiger partial charge in [-0.1, -0.05) is 33.6 Å². The topological polar surface area (TPSA) is 143 Å². The third kappa shape index (κ3) is 8.80. The lowest BCUT2D eigenvalue weighted by Crippen LogP contribution is -2.44. The standard InChI is InChI=1S/C31H45N5O6/c1-9-10-11-21(35-28(39)26-19(2)25-22(34-26)16-31(6,7)17-23(25)37)27(38)33-20-12-13-24(32-18-20)41-15-14-36(8)29(40)42-30(3,4)5/h12-13,18,21,34H,9-11,14-17H2,1-8H3,(H,33,38)(H,35,39). The molecule has 11 nitrogen and oxygen atoms in total. The maximum atomic E-state index is 13.3. The number of hydrogen-bond donors (Lipinski definition) is 3. The summed E-state index contributed by atoms with van der Waals surface area (Å²) in [5.41, 5.74) is 2.01.